The largest absolute Gasteiger partial charge is 0.489 e. The smallest absolute Gasteiger partial charge is 0.271 e. The monoisotopic (exact) mass is 298 g/mol. The number of ether oxygens (including phenoxy) is 1. The fourth-order valence-electron chi connectivity index (χ4n) is 2.07. The van der Waals surface area contributed by atoms with Gasteiger partial charge in [-0.25, -0.2) is 0 Å². The van der Waals surface area contributed by atoms with Gasteiger partial charge in [0.25, 0.3) is 5.91 Å². The molecule has 0 heterocycles. The Morgan fingerprint density at radius 1 is 1.14 bits per heavy atom. The third-order valence-corrected chi connectivity index (χ3v) is 3.17. The molecule has 0 unspecified atom stereocenters. The summed E-state index contributed by atoms with van der Waals surface area (Å²) in [6, 6.07) is 15.0. The van der Waals surface area contributed by atoms with Crippen molar-refractivity contribution in [2.24, 2.45) is 10.9 Å². The standard InChI is InChI=1S/C17H18N2O3/c1-12-7-3-6-10-15(12)22-11-13-8-4-5-9-14(13)16(17(18)20)19-21-2/h3-10H,11H2,1-2H3,(H2,18,20)/b19-16+. The lowest BCUT2D eigenvalue weighted by atomic mass is 10.0. The van der Waals surface area contributed by atoms with E-state index >= 15 is 0 Å². The van der Waals surface area contributed by atoms with Gasteiger partial charge in [0.1, 0.15) is 19.5 Å². The van der Waals surface area contributed by atoms with Crippen molar-refractivity contribution in [2.75, 3.05) is 7.11 Å². The van der Waals surface area contributed by atoms with Crippen LogP contribution in [0.5, 0.6) is 5.75 Å². The fourth-order valence-corrected chi connectivity index (χ4v) is 2.07. The highest BCUT2D eigenvalue weighted by Crippen LogP contribution is 2.19. The third kappa shape index (κ3) is 3.63. The maximum absolute atomic E-state index is 11.5. The van der Waals surface area contributed by atoms with Gasteiger partial charge in [0.2, 0.25) is 0 Å². The molecule has 1 amide bonds. The average Bonchev–Trinajstić information content (AvgIpc) is 2.52. The lowest BCUT2D eigenvalue weighted by Gasteiger charge is -2.12. The van der Waals surface area contributed by atoms with Crippen LogP contribution >= 0.6 is 0 Å². The Morgan fingerprint density at radius 2 is 1.82 bits per heavy atom. The van der Waals surface area contributed by atoms with Crippen molar-refractivity contribution in [2.45, 2.75) is 13.5 Å². The van der Waals surface area contributed by atoms with E-state index in [4.69, 9.17) is 15.3 Å². The number of aryl methyl sites for hydroxylation is 1. The molecule has 0 radical (unpaired) electrons. The van der Waals surface area contributed by atoms with E-state index in [9.17, 15) is 4.79 Å². The first-order valence-electron chi connectivity index (χ1n) is 6.81. The molecule has 0 spiro atoms. The van der Waals surface area contributed by atoms with Gasteiger partial charge in [-0.2, -0.15) is 0 Å². The third-order valence-electron chi connectivity index (χ3n) is 3.17. The Labute approximate surface area is 129 Å². The zero-order valence-corrected chi connectivity index (χ0v) is 12.6. The fraction of sp³-hybridized carbons (Fsp3) is 0.176. The van der Waals surface area contributed by atoms with Crippen molar-refractivity contribution in [3.05, 3.63) is 65.2 Å². The SMILES string of the molecule is CO/N=C(/C(N)=O)c1ccccc1COc1ccccc1C. The molecule has 0 aromatic heterocycles. The Kier molecular flexibility index (Phi) is 5.14. The molecule has 22 heavy (non-hydrogen) atoms. The summed E-state index contributed by atoms with van der Waals surface area (Å²) in [5, 5.41) is 3.71. The van der Waals surface area contributed by atoms with E-state index in [0.717, 1.165) is 16.9 Å². The molecule has 2 rings (SSSR count). The number of carbonyl (C=O) groups excluding carboxylic acids is 1. The van der Waals surface area contributed by atoms with E-state index in [2.05, 4.69) is 5.16 Å². The highest BCUT2D eigenvalue weighted by molar-refractivity contribution is 6.45. The summed E-state index contributed by atoms with van der Waals surface area (Å²) in [6.07, 6.45) is 0. The second kappa shape index (κ2) is 7.26. The minimum atomic E-state index is -0.648. The first kappa shape index (κ1) is 15.6. The summed E-state index contributed by atoms with van der Waals surface area (Å²) in [7, 11) is 1.37. The Balaban J connectivity index is 2.27. The van der Waals surface area contributed by atoms with Crippen LogP contribution in [0.25, 0.3) is 0 Å². The zero-order valence-electron chi connectivity index (χ0n) is 12.6. The lowest BCUT2D eigenvalue weighted by molar-refractivity contribution is -0.112. The number of para-hydroxylation sites is 1. The molecule has 0 fully saturated rings. The Morgan fingerprint density at radius 3 is 2.50 bits per heavy atom. The van der Waals surface area contributed by atoms with Crippen molar-refractivity contribution in [1.29, 1.82) is 0 Å². The number of nitrogens with zero attached hydrogens (tertiary/aromatic N) is 1. The number of nitrogens with two attached hydrogens (primary N) is 1. The van der Waals surface area contributed by atoms with Crippen LogP contribution in [0.4, 0.5) is 0 Å². The summed E-state index contributed by atoms with van der Waals surface area (Å²) in [5.74, 6) is 0.145. The predicted molar refractivity (Wildman–Crippen MR) is 84.7 cm³/mol. The summed E-state index contributed by atoms with van der Waals surface area (Å²) >= 11 is 0. The molecule has 114 valence electrons. The summed E-state index contributed by atoms with van der Waals surface area (Å²) in [6.45, 7) is 2.28. The van der Waals surface area contributed by atoms with E-state index in [0.29, 0.717) is 12.2 Å². The molecular weight excluding hydrogens is 280 g/mol. The quantitative estimate of drug-likeness (QED) is 0.657. The van der Waals surface area contributed by atoms with Crippen LogP contribution in [0.1, 0.15) is 16.7 Å². The summed E-state index contributed by atoms with van der Waals surface area (Å²) < 4.78 is 5.82. The number of primary amides is 1. The second-order valence-electron chi connectivity index (χ2n) is 4.70. The van der Waals surface area contributed by atoms with Gasteiger partial charge >= 0.3 is 0 Å². The molecule has 0 atom stereocenters. The van der Waals surface area contributed by atoms with Gasteiger partial charge in [0, 0.05) is 5.56 Å². The Bertz CT molecular complexity index is 696. The minimum Gasteiger partial charge on any atom is -0.489 e. The first-order chi connectivity index (χ1) is 10.6. The van der Waals surface area contributed by atoms with Crippen LogP contribution in [0.15, 0.2) is 53.7 Å². The number of oxime groups is 1. The van der Waals surface area contributed by atoms with E-state index in [1.54, 1.807) is 12.1 Å². The van der Waals surface area contributed by atoms with E-state index in [-0.39, 0.29) is 5.71 Å². The molecule has 0 saturated carbocycles. The number of carbonyl (C=O) groups is 1. The van der Waals surface area contributed by atoms with E-state index in [1.165, 1.54) is 7.11 Å². The van der Waals surface area contributed by atoms with E-state index in [1.807, 2.05) is 43.3 Å². The van der Waals surface area contributed by atoms with Gasteiger partial charge in [-0.15, -0.1) is 0 Å². The summed E-state index contributed by atoms with van der Waals surface area (Å²) in [5.41, 5.74) is 7.89. The van der Waals surface area contributed by atoms with Gasteiger partial charge in [0.05, 0.1) is 0 Å². The predicted octanol–water partition coefficient (Wildman–Crippen LogP) is 2.41. The van der Waals surface area contributed by atoms with Gasteiger partial charge in [-0.05, 0) is 24.1 Å². The van der Waals surface area contributed by atoms with Gasteiger partial charge < -0.3 is 15.3 Å². The molecule has 0 aliphatic rings. The number of benzene rings is 2. The molecule has 0 saturated heterocycles. The summed E-state index contributed by atoms with van der Waals surface area (Å²) in [4.78, 5) is 16.2. The molecule has 0 aliphatic carbocycles. The molecule has 2 aromatic carbocycles. The molecule has 5 heteroatoms. The molecular formula is C17H18N2O3. The first-order valence-corrected chi connectivity index (χ1v) is 6.81. The normalized spacial score (nSPS) is 11.1. The van der Waals surface area contributed by atoms with Crippen LogP contribution in [0, 0.1) is 6.92 Å². The maximum atomic E-state index is 11.5. The average molecular weight is 298 g/mol. The number of hydrogen-bond acceptors (Lipinski definition) is 4. The van der Waals surface area contributed by atoms with Gasteiger partial charge in [-0.1, -0.05) is 47.6 Å². The molecule has 2 aromatic rings. The maximum Gasteiger partial charge on any atom is 0.271 e. The second-order valence-corrected chi connectivity index (χ2v) is 4.70. The lowest BCUT2D eigenvalue weighted by Crippen LogP contribution is -2.25. The number of hydrogen-bond donors (Lipinski definition) is 1. The van der Waals surface area contributed by atoms with Crippen LogP contribution < -0.4 is 10.5 Å². The molecule has 0 bridgehead atoms. The number of amides is 1. The van der Waals surface area contributed by atoms with Crippen LogP contribution in [0.3, 0.4) is 0 Å². The molecule has 0 aliphatic heterocycles. The molecule has 2 N–H and O–H groups in total. The van der Waals surface area contributed by atoms with Gasteiger partial charge in [0.15, 0.2) is 5.71 Å². The molecule has 5 nitrogen and oxygen atoms in total. The van der Waals surface area contributed by atoms with Crippen LogP contribution in [-0.4, -0.2) is 18.7 Å². The van der Waals surface area contributed by atoms with Gasteiger partial charge in [-0.3, -0.25) is 4.79 Å². The number of rotatable bonds is 6. The van der Waals surface area contributed by atoms with Crippen molar-refractivity contribution in [1.82, 2.24) is 0 Å². The zero-order chi connectivity index (χ0) is 15.9. The van der Waals surface area contributed by atoms with Crippen LogP contribution in [-0.2, 0) is 16.2 Å². The minimum absolute atomic E-state index is 0.0754. The topological polar surface area (TPSA) is 73.9 Å². The van der Waals surface area contributed by atoms with Crippen LogP contribution in [0.2, 0.25) is 0 Å². The van der Waals surface area contributed by atoms with E-state index < -0.39 is 5.91 Å². The highest BCUT2D eigenvalue weighted by atomic mass is 16.6. The highest BCUT2D eigenvalue weighted by Gasteiger charge is 2.15. The van der Waals surface area contributed by atoms with Crippen molar-refractivity contribution < 1.29 is 14.4 Å². The van der Waals surface area contributed by atoms with Crippen molar-refractivity contribution in [3.8, 4) is 5.75 Å². The van der Waals surface area contributed by atoms with Crippen molar-refractivity contribution in [3.63, 3.8) is 0 Å². The van der Waals surface area contributed by atoms with Crippen molar-refractivity contribution >= 4 is 11.6 Å². The Hall–Kier alpha value is -2.82.